The van der Waals surface area contributed by atoms with E-state index >= 15 is 0 Å². The molecule has 3 rings (SSSR count). The predicted molar refractivity (Wildman–Crippen MR) is 95.7 cm³/mol. The molecule has 0 saturated carbocycles. The van der Waals surface area contributed by atoms with Crippen LogP contribution in [0.15, 0.2) is 48.7 Å². The van der Waals surface area contributed by atoms with Crippen LogP contribution in [0.1, 0.15) is 24.3 Å². The zero-order valence-corrected chi connectivity index (χ0v) is 14.5. The first-order valence-electron chi connectivity index (χ1n) is 8.29. The Morgan fingerprint density at radius 1 is 1.15 bits per heavy atom. The number of anilines is 2. The molecule has 0 bridgehead atoms. The first-order valence-corrected chi connectivity index (χ1v) is 8.29. The molecule has 1 N–H and O–H groups in total. The van der Waals surface area contributed by atoms with Crippen molar-refractivity contribution in [1.82, 2.24) is 4.98 Å². The van der Waals surface area contributed by atoms with E-state index in [1.54, 1.807) is 50.2 Å². The standard InChI is InChI=1S/C19H19N3O4/c1-12(2)17(26-19(25)14-8-5-6-10-20-14)18(24)22-11-16(23)21-13-7-3-4-9-15(13)22/h3-10,12,17H,11H2,1-2H3,(H,21,23). The minimum absolute atomic E-state index is 0.125. The molecule has 2 aromatic rings. The van der Waals surface area contributed by atoms with Crippen molar-refractivity contribution in [3.8, 4) is 0 Å². The Bertz CT molecular complexity index is 836. The highest BCUT2D eigenvalue weighted by Gasteiger charge is 2.35. The number of aromatic nitrogens is 1. The summed E-state index contributed by atoms with van der Waals surface area (Å²) in [5, 5.41) is 2.73. The van der Waals surface area contributed by atoms with Crippen LogP contribution in [0.25, 0.3) is 0 Å². The fourth-order valence-electron chi connectivity index (χ4n) is 2.71. The van der Waals surface area contributed by atoms with Crippen LogP contribution in [0.3, 0.4) is 0 Å². The van der Waals surface area contributed by atoms with Crippen molar-refractivity contribution in [3.05, 3.63) is 54.4 Å². The molecule has 0 saturated heterocycles. The second-order valence-corrected chi connectivity index (χ2v) is 6.27. The van der Waals surface area contributed by atoms with Gasteiger partial charge in [0.05, 0.1) is 11.4 Å². The zero-order chi connectivity index (χ0) is 18.7. The van der Waals surface area contributed by atoms with Crippen LogP contribution in [0.4, 0.5) is 11.4 Å². The molecule has 0 spiro atoms. The summed E-state index contributed by atoms with van der Waals surface area (Å²) < 4.78 is 5.44. The highest BCUT2D eigenvalue weighted by Crippen LogP contribution is 2.30. The average Bonchev–Trinajstić information content (AvgIpc) is 2.65. The van der Waals surface area contributed by atoms with Crippen molar-refractivity contribution in [2.75, 3.05) is 16.8 Å². The largest absolute Gasteiger partial charge is 0.447 e. The number of carbonyl (C=O) groups is 3. The molecule has 134 valence electrons. The summed E-state index contributed by atoms with van der Waals surface area (Å²) in [5.74, 6) is -1.68. The summed E-state index contributed by atoms with van der Waals surface area (Å²) in [6.07, 6.45) is 0.456. The highest BCUT2D eigenvalue weighted by molar-refractivity contribution is 6.11. The van der Waals surface area contributed by atoms with Crippen molar-refractivity contribution in [2.45, 2.75) is 20.0 Å². The molecule has 1 aromatic carbocycles. The smallest absolute Gasteiger partial charge is 0.357 e. The molecule has 26 heavy (non-hydrogen) atoms. The third kappa shape index (κ3) is 3.56. The van der Waals surface area contributed by atoms with E-state index in [-0.39, 0.29) is 24.1 Å². The predicted octanol–water partition coefficient (Wildman–Crippen LogP) is 2.25. The number of hydrogen-bond acceptors (Lipinski definition) is 5. The first-order chi connectivity index (χ1) is 12.5. The maximum absolute atomic E-state index is 13.1. The third-order valence-corrected chi connectivity index (χ3v) is 3.99. The number of pyridine rings is 1. The maximum atomic E-state index is 13.1. The van der Waals surface area contributed by atoms with Crippen LogP contribution in [-0.4, -0.2) is 35.4 Å². The average molecular weight is 353 g/mol. The van der Waals surface area contributed by atoms with Crippen LogP contribution >= 0.6 is 0 Å². The molecule has 0 radical (unpaired) electrons. The van der Waals surface area contributed by atoms with Crippen molar-refractivity contribution in [2.24, 2.45) is 5.92 Å². The number of nitrogens with one attached hydrogen (secondary N) is 1. The third-order valence-electron chi connectivity index (χ3n) is 3.99. The molecular formula is C19H19N3O4. The summed E-state index contributed by atoms with van der Waals surface area (Å²) in [6, 6.07) is 11.9. The van der Waals surface area contributed by atoms with Crippen molar-refractivity contribution < 1.29 is 19.1 Å². The summed E-state index contributed by atoms with van der Waals surface area (Å²) in [4.78, 5) is 42.6. The lowest BCUT2D eigenvalue weighted by atomic mass is 10.0. The number of benzene rings is 1. The van der Waals surface area contributed by atoms with Crippen LogP contribution in [-0.2, 0) is 14.3 Å². The fraction of sp³-hybridized carbons (Fsp3) is 0.263. The number of hydrogen-bond donors (Lipinski definition) is 1. The molecule has 7 nitrogen and oxygen atoms in total. The number of fused-ring (bicyclic) bond motifs is 1. The molecule has 7 heteroatoms. The molecule has 1 aliphatic heterocycles. The van der Waals surface area contributed by atoms with Gasteiger partial charge in [0.15, 0.2) is 6.10 Å². The lowest BCUT2D eigenvalue weighted by Crippen LogP contribution is -2.49. The van der Waals surface area contributed by atoms with E-state index in [9.17, 15) is 14.4 Å². The summed E-state index contributed by atoms with van der Waals surface area (Å²) >= 11 is 0. The number of para-hydroxylation sites is 2. The van der Waals surface area contributed by atoms with Gasteiger partial charge in [0.1, 0.15) is 12.2 Å². The summed E-state index contributed by atoms with van der Waals surface area (Å²) in [7, 11) is 0. The second kappa shape index (κ2) is 7.35. The van der Waals surface area contributed by atoms with Gasteiger partial charge in [0.2, 0.25) is 5.91 Å². The first kappa shape index (κ1) is 17.6. The van der Waals surface area contributed by atoms with Gasteiger partial charge in [-0.2, -0.15) is 0 Å². The Morgan fingerprint density at radius 3 is 2.58 bits per heavy atom. The van der Waals surface area contributed by atoms with Gasteiger partial charge in [-0.1, -0.05) is 32.0 Å². The number of carbonyl (C=O) groups excluding carboxylic acids is 3. The number of rotatable bonds is 4. The van der Waals surface area contributed by atoms with Crippen LogP contribution < -0.4 is 10.2 Å². The topological polar surface area (TPSA) is 88.6 Å². The van der Waals surface area contributed by atoms with E-state index in [0.29, 0.717) is 11.4 Å². The van der Waals surface area contributed by atoms with Crippen LogP contribution in [0.2, 0.25) is 0 Å². The van der Waals surface area contributed by atoms with Crippen molar-refractivity contribution in [1.29, 1.82) is 0 Å². The van der Waals surface area contributed by atoms with Crippen molar-refractivity contribution >= 4 is 29.2 Å². The summed E-state index contributed by atoms with van der Waals surface area (Å²) in [6.45, 7) is 3.44. The van der Waals surface area contributed by atoms with Gasteiger partial charge in [-0.25, -0.2) is 9.78 Å². The maximum Gasteiger partial charge on any atom is 0.357 e. The van der Waals surface area contributed by atoms with Gasteiger partial charge in [0, 0.05) is 6.20 Å². The van der Waals surface area contributed by atoms with Gasteiger partial charge >= 0.3 is 5.97 Å². The van der Waals surface area contributed by atoms with E-state index in [0.717, 1.165) is 0 Å². The van der Waals surface area contributed by atoms with Gasteiger partial charge in [-0.05, 0) is 30.2 Å². The molecule has 2 amide bonds. The molecule has 1 aliphatic rings. The Hall–Kier alpha value is -3.22. The molecule has 1 aromatic heterocycles. The normalized spacial score (nSPS) is 14.4. The van der Waals surface area contributed by atoms with E-state index < -0.39 is 18.0 Å². The van der Waals surface area contributed by atoms with Crippen LogP contribution in [0.5, 0.6) is 0 Å². The van der Waals surface area contributed by atoms with Crippen molar-refractivity contribution in [3.63, 3.8) is 0 Å². The molecule has 2 heterocycles. The Labute approximate surface area is 151 Å². The number of amides is 2. The van der Waals surface area contributed by atoms with E-state index in [4.69, 9.17) is 4.74 Å². The lowest BCUT2D eigenvalue weighted by Gasteiger charge is -2.32. The minimum atomic E-state index is -1.02. The molecule has 1 unspecified atom stereocenters. The Morgan fingerprint density at radius 2 is 1.88 bits per heavy atom. The molecule has 1 atom stereocenters. The zero-order valence-electron chi connectivity index (χ0n) is 14.5. The molecule has 0 aliphatic carbocycles. The number of nitrogens with zero attached hydrogens (tertiary/aromatic N) is 2. The quantitative estimate of drug-likeness (QED) is 0.852. The lowest BCUT2D eigenvalue weighted by molar-refractivity contribution is -0.130. The summed E-state index contributed by atoms with van der Waals surface area (Å²) in [5.41, 5.74) is 1.26. The van der Waals surface area contributed by atoms with E-state index in [2.05, 4.69) is 10.3 Å². The highest BCUT2D eigenvalue weighted by atomic mass is 16.5. The van der Waals surface area contributed by atoms with Gasteiger partial charge in [0.25, 0.3) is 5.91 Å². The van der Waals surface area contributed by atoms with Gasteiger partial charge < -0.3 is 10.1 Å². The SMILES string of the molecule is CC(C)C(OC(=O)c1ccccn1)C(=O)N1CC(=O)Nc2ccccc21. The van der Waals surface area contributed by atoms with Gasteiger partial charge in [-0.3, -0.25) is 14.5 Å². The molecule has 0 fully saturated rings. The minimum Gasteiger partial charge on any atom is -0.447 e. The fourth-order valence-corrected chi connectivity index (χ4v) is 2.71. The number of esters is 1. The number of ether oxygens (including phenoxy) is 1. The Balaban J connectivity index is 1.86. The van der Waals surface area contributed by atoms with Crippen LogP contribution in [0, 0.1) is 5.92 Å². The second-order valence-electron chi connectivity index (χ2n) is 6.27. The Kier molecular flexibility index (Phi) is 4.97. The van der Waals surface area contributed by atoms with Gasteiger partial charge in [-0.15, -0.1) is 0 Å². The van der Waals surface area contributed by atoms with E-state index in [1.165, 1.54) is 17.2 Å². The molecular weight excluding hydrogens is 334 g/mol. The van der Waals surface area contributed by atoms with E-state index in [1.807, 2.05) is 0 Å². The monoisotopic (exact) mass is 353 g/mol.